The number of halogens is 1. The molecule has 0 radical (unpaired) electrons. The van der Waals surface area contributed by atoms with Crippen LogP contribution in [0.2, 0.25) is 5.02 Å². The van der Waals surface area contributed by atoms with Crippen molar-refractivity contribution in [2.24, 2.45) is 0 Å². The van der Waals surface area contributed by atoms with Gasteiger partial charge in [0.25, 0.3) is 11.4 Å². The summed E-state index contributed by atoms with van der Waals surface area (Å²) in [6, 6.07) is 8.58. The van der Waals surface area contributed by atoms with Crippen LogP contribution in [0.3, 0.4) is 0 Å². The number of nitriles is 1. The fraction of sp³-hybridized carbons (Fsp3) is 0.188. The van der Waals surface area contributed by atoms with Crippen LogP contribution in [0.1, 0.15) is 18.3 Å². The molecule has 0 spiro atoms. The molecule has 0 saturated heterocycles. The summed E-state index contributed by atoms with van der Waals surface area (Å²) in [5.41, 5.74) is -0.686. The van der Waals surface area contributed by atoms with Gasteiger partial charge in [-0.1, -0.05) is 16.8 Å². The maximum absolute atomic E-state index is 12.3. The first-order valence-electron chi connectivity index (χ1n) is 7.36. The Morgan fingerprint density at radius 3 is 2.64 bits per heavy atom. The maximum atomic E-state index is 12.3. The van der Waals surface area contributed by atoms with Crippen LogP contribution in [0.4, 0.5) is 0 Å². The van der Waals surface area contributed by atoms with Crippen molar-refractivity contribution in [2.45, 2.75) is 20.0 Å². The van der Waals surface area contributed by atoms with Crippen LogP contribution >= 0.6 is 11.6 Å². The normalized spacial score (nSPS) is 10.6. The molecule has 0 aliphatic rings. The number of hydrogen-bond acceptors (Lipinski definition) is 6. The third kappa shape index (κ3) is 3.22. The van der Waals surface area contributed by atoms with Crippen molar-refractivity contribution in [3.63, 3.8) is 0 Å². The van der Waals surface area contributed by atoms with E-state index in [0.717, 1.165) is 4.57 Å². The lowest BCUT2D eigenvalue weighted by molar-refractivity contribution is 0.418. The molecule has 0 fully saturated rings. The average Bonchev–Trinajstić information content (AvgIpc) is 3.08. The van der Waals surface area contributed by atoms with Crippen molar-refractivity contribution in [3.05, 3.63) is 67.7 Å². The molecule has 126 valence electrons. The van der Waals surface area contributed by atoms with Gasteiger partial charge in [-0.2, -0.15) is 10.2 Å². The van der Waals surface area contributed by atoms with E-state index in [4.69, 9.17) is 21.4 Å². The SMILES string of the molecule is CCn1cc(C#N)c(=O)n(Cc2noc(-c3ccc(Cl)cc3)n2)c1=O. The van der Waals surface area contributed by atoms with Gasteiger partial charge < -0.3 is 4.52 Å². The third-order valence-corrected chi connectivity index (χ3v) is 3.81. The molecule has 2 heterocycles. The largest absolute Gasteiger partial charge is 0.334 e. The number of hydrogen-bond donors (Lipinski definition) is 0. The number of benzene rings is 1. The minimum atomic E-state index is -0.685. The highest BCUT2D eigenvalue weighted by molar-refractivity contribution is 6.30. The molecule has 3 rings (SSSR count). The second-order valence-electron chi connectivity index (χ2n) is 5.14. The zero-order chi connectivity index (χ0) is 18.0. The van der Waals surface area contributed by atoms with Gasteiger partial charge in [0.1, 0.15) is 11.6 Å². The van der Waals surface area contributed by atoms with Gasteiger partial charge in [-0.15, -0.1) is 0 Å². The van der Waals surface area contributed by atoms with E-state index in [2.05, 4.69) is 10.1 Å². The van der Waals surface area contributed by atoms with Gasteiger partial charge in [0.2, 0.25) is 0 Å². The highest BCUT2D eigenvalue weighted by Crippen LogP contribution is 2.19. The fourth-order valence-electron chi connectivity index (χ4n) is 2.27. The van der Waals surface area contributed by atoms with Crippen LogP contribution in [-0.2, 0) is 13.1 Å². The maximum Gasteiger partial charge on any atom is 0.331 e. The number of rotatable bonds is 4. The highest BCUT2D eigenvalue weighted by atomic mass is 35.5. The summed E-state index contributed by atoms with van der Waals surface area (Å²) in [6.07, 6.45) is 1.25. The van der Waals surface area contributed by atoms with Gasteiger partial charge >= 0.3 is 5.69 Å². The molecule has 0 aliphatic carbocycles. The molecule has 0 unspecified atom stereocenters. The van der Waals surface area contributed by atoms with Crippen LogP contribution in [0.25, 0.3) is 11.5 Å². The Morgan fingerprint density at radius 1 is 1.28 bits per heavy atom. The molecule has 0 N–H and O–H groups in total. The molecular weight excluding hydrogens is 346 g/mol. The monoisotopic (exact) mass is 357 g/mol. The Morgan fingerprint density at radius 2 is 2.00 bits per heavy atom. The minimum absolute atomic E-state index is 0.122. The van der Waals surface area contributed by atoms with E-state index in [1.807, 2.05) is 0 Å². The molecule has 9 heteroatoms. The van der Waals surface area contributed by atoms with Crippen LogP contribution in [0.15, 0.2) is 44.6 Å². The summed E-state index contributed by atoms with van der Waals surface area (Å²) in [5, 5.41) is 13.4. The predicted molar refractivity (Wildman–Crippen MR) is 89.2 cm³/mol. The topological polar surface area (TPSA) is 107 Å². The second kappa shape index (κ2) is 6.75. The van der Waals surface area contributed by atoms with Crippen molar-refractivity contribution < 1.29 is 4.52 Å². The lowest BCUT2D eigenvalue weighted by atomic mass is 10.2. The average molecular weight is 358 g/mol. The lowest BCUT2D eigenvalue weighted by Gasteiger charge is -2.07. The van der Waals surface area contributed by atoms with E-state index >= 15 is 0 Å². The van der Waals surface area contributed by atoms with Crippen LogP contribution < -0.4 is 11.2 Å². The zero-order valence-electron chi connectivity index (χ0n) is 13.1. The van der Waals surface area contributed by atoms with Gasteiger partial charge in [0.15, 0.2) is 5.82 Å². The van der Waals surface area contributed by atoms with Crippen molar-refractivity contribution in [1.29, 1.82) is 5.26 Å². The quantitative estimate of drug-likeness (QED) is 0.702. The molecule has 0 bridgehead atoms. The summed E-state index contributed by atoms with van der Waals surface area (Å²) < 4.78 is 7.36. The molecule has 8 nitrogen and oxygen atoms in total. The molecule has 2 aromatic heterocycles. The molecule has 3 aromatic rings. The van der Waals surface area contributed by atoms with E-state index in [1.165, 1.54) is 10.8 Å². The number of nitrogens with zero attached hydrogens (tertiary/aromatic N) is 5. The van der Waals surface area contributed by atoms with Crippen molar-refractivity contribution in [2.75, 3.05) is 0 Å². The van der Waals surface area contributed by atoms with Gasteiger partial charge in [-0.05, 0) is 31.2 Å². The summed E-state index contributed by atoms with van der Waals surface area (Å²) in [4.78, 5) is 28.7. The first-order valence-corrected chi connectivity index (χ1v) is 7.74. The summed E-state index contributed by atoms with van der Waals surface area (Å²) >= 11 is 5.84. The summed E-state index contributed by atoms with van der Waals surface area (Å²) in [7, 11) is 0. The molecule has 0 amide bonds. The lowest BCUT2D eigenvalue weighted by Crippen LogP contribution is -2.41. The van der Waals surface area contributed by atoms with Gasteiger partial charge in [-0.25, -0.2) is 4.79 Å². The standard InChI is InChI=1S/C16H12ClN5O3/c1-2-21-8-11(7-18)15(23)22(16(21)24)9-13-19-14(25-20-13)10-3-5-12(17)6-4-10/h3-6,8H,2,9H2,1H3. The molecule has 1 aromatic carbocycles. The molecule has 0 atom stereocenters. The number of aromatic nitrogens is 4. The van der Waals surface area contributed by atoms with Crippen molar-refractivity contribution >= 4 is 11.6 Å². The van der Waals surface area contributed by atoms with Crippen molar-refractivity contribution in [3.8, 4) is 17.5 Å². The van der Waals surface area contributed by atoms with E-state index in [1.54, 1.807) is 37.3 Å². The smallest absolute Gasteiger partial charge is 0.331 e. The second-order valence-corrected chi connectivity index (χ2v) is 5.57. The van der Waals surface area contributed by atoms with Gasteiger partial charge in [0.05, 0.1) is 6.54 Å². The van der Waals surface area contributed by atoms with E-state index in [9.17, 15) is 9.59 Å². The van der Waals surface area contributed by atoms with Crippen LogP contribution in [0.5, 0.6) is 0 Å². The van der Waals surface area contributed by atoms with Gasteiger partial charge in [0, 0.05) is 23.3 Å². The van der Waals surface area contributed by atoms with E-state index < -0.39 is 11.2 Å². The van der Waals surface area contributed by atoms with Gasteiger partial charge in [-0.3, -0.25) is 13.9 Å². The minimum Gasteiger partial charge on any atom is -0.334 e. The van der Waals surface area contributed by atoms with E-state index in [-0.39, 0.29) is 23.8 Å². The highest BCUT2D eigenvalue weighted by Gasteiger charge is 2.15. The van der Waals surface area contributed by atoms with E-state index in [0.29, 0.717) is 17.1 Å². The Kier molecular flexibility index (Phi) is 4.50. The third-order valence-electron chi connectivity index (χ3n) is 3.56. The predicted octanol–water partition coefficient (Wildman–Crippen LogP) is 1.65. The van der Waals surface area contributed by atoms with Crippen molar-refractivity contribution in [1.82, 2.24) is 19.3 Å². The Bertz CT molecular complexity index is 1070. The molecule has 0 aliphatic heterocycles. The summed E-state index contributed by atoms with van der Waals surface area (Å²) in [6.45, 7) is 1.88. The number of aryl methyl sites for hydroxylation is 1. The van der Waals surface area contributed by atoms with Crippen LogP contribution in [0, 0.1) is 11.3 Å². The Hall–Kier alpha value is -3.18. The first kappa shape index (κ1) is 16.7. The fourth-order valence-corrected chi connectivity index (χ4v) is 2.39. The molecular formula is C16H12ClN5O3. The first-order chi connectivity index (χ1) is 12.0. The molecule has 0 saturated carbocycles. The Balaban J connectivity index is 1.99. The van der Waals surface area contributed by atoms with Crippen LogP contribution in [-0.4, -0.2) is 19.3 Å². The summed E-state index contributed by atoms with van der Waals surface area (Å²) in [5.74, 6) is 0.397. The Labute approximate surface area is 146 Å². The zero-order valence-corrected chi connectivity index (χ0v) is 13.9. The molecule has 25 heavy (non-hydrogen) atoms.